The van der Waals surface area contributed by atoms with Crippen molar-refractivity contribution in [3.05, 3.63) is 46.4 Å². The van der Waals surface area contributed by atoms with Gasteiger partial charge in [-0.1, -0.05) is 0 Å². The summed E-state index contributed by atoms with van der Waals surface area (Å²) < 4.78 is 21.1. The largest absolute Gasteiger partial charge is 0.492 e. The van der Waals surface area contributed by atoms with Crippen LogP contribution in [-0.2, 0) is 27.9 Å². The van der Waals surface area contributed by atoms with E-state index in [0.29, 0.717) is 24.6 Å². The number of ether oxygens (including phenoxy) is 3. The summed E-state index contributed by atoms with van der Waals surface area (Å²) in [5.74, 6) is 1.90. The van der Waals surface area contributed by atoms with E-state index in [1.165, 1.54) is 0 Å². The molecule has 2 aromatic heterocycles. The number of benzene rings is 1. The van der Waals surface area contributed by atoms with E-state index in [2.05, 4.69) is 9.88 Å². The highest BCUT2D eigenvalue weighted by atomic mass is 16.5. The Kier molecular flexibility index (Phi) is 8.67. The fourth-order valence-corrected chi connectivity index (χ4v) is 5.58. The topological polar surface area (TPSA) is 96.6 Å². The molecule has 0 bridgehead atoms. The first-order valence-electron chi connectivity index (χ1n) is 14.2. The molecule has 3 heterocycles. The lowest BCUT2D eigenvalue weighted by Gasteiger charge is -2.23. The van der Waals surface area contributed by atoms with Gasteiger partial charge in [0.05, 0.1) is 11.0 Å². The smallest absolute Gasteiger partial charge is 0.323 e. The maximum absolute atomic E-state index is 12.3. The third-order valence-electron chi connectivity index (χ3n) is 7.88. The van der Waals surface area contributed by atoms with Crippen LogP contribution in [0.25, 0.3) is 22.4 Å². The average molecular weight is 537 g/mol. The minimum Gasteiger partial charge on any atom is -0.492 e. The van der Waals surface area contributed by atoms with Crippen LogP contribution in [0.4, 0.5) is 0 Å². The number of hydrogen-bond donors (Lipinski definition) is 1. The predicted octanol–water partition coefficient (Wildman–Crippen LogP) is 3.98. The van der Waals surface area contributed by atoms with Crippen molar-refractivity contribution in [2.75, 3.05) is 26.4 Å². The van der Waals surface area contributed by atoms with Crippen molar-refractivity contribution in [1.29, 1.82) is 0 Å². The Balaban J connectivity index is 1.30. The molecule has 1 saturated carbocycles. The van der Waals surface area contributed by atoms with Crippen LogP contribution in [0.5, 0.6) is 5.75 Å². The van der Waals surface area contributed by atoms with Gasteiger partial charge in [0.2, 0.25) is 0 Å². The Morgan fingerprint density at radius 1 is 1.18 bits per heavy atom. The van der Waals surface area contributed by atoms with Gasteiger partial charge in [0, 0.05) is 56.7 Å². The molecular formula is C30H40N4O5. The van der Waals surface area contributed by atoms with Gasteiger partial charge in [-0.15, -0.1) is 0 Å². The van der Waals surface area contributed by atoms with Gasteiger partial charge in [-0.25, -0.2) is 4.98 Å². The second-order valence-corrected chi connectivity index (χ2v) is 10.9. The lowest BCUT2D eigenvalue weighted by Crippen LogP contribution is -2.39. The fourth-order valence-electron chi connectivity index (χ4n) is 5.58. The molecule has 2 aliphatic rings. The highest BCUT2D eigenvalue weighted by Crippen LogP contribution is 2.30. The second-order valence-electron chi connectivity index (χ2n) is 10.9. The molecular weight excluding hydrogens is 496 g/mol. The van der Waals surface area contributed by atoms with E-state index in [0.717, 1.165) is 86.5 Å². The van der Waals surface area contributed by atoms with E-state index in [1.807, 2.05) is 44.3 Å². The van der Waals surface area contributed by atoms with Crippen LogP contribution in [0.3, 0.4) is 0 Å². The highest BCUT2D eigenvalue weighted by molar-refractivity contribution is 5.82. The molecule has 1 saturated heterocycles. The number of rotatable bonds is 10. The van der Waals surface area contributed by atoms with Crippen LogP contribution < -0.4 is 15.6 Å². The van der Waals surface area contributed by atoms with E-state index in [9.17, 15) is 9.59 Å². The molecule has 39 heavy (non-hydrogen) atoms. The molecule has 210 valence electrons. The van der Waals surface area contributed by atoms with Gasteiger partial charge in [0.1, 0.15) is 30.3 Å². The summed E-state index contributed by atoms with van der Waals surface area (Å²) in [5, 5.41) is 3.21. The molecule has 1 atom stereocenters. The van der Waals surface area contributed by atoms with Crippen molar-refractivity contribution >= 4 is 17.0 Å². The summed E-state index contributed by atoms with van der Waals surface area (Å²) in [5.41, 5.74) is 3.50. The van der Waals surface area contributed by atoms with E-state index >= 15 is 0 Å². The minimum absolute atomic E-state index is 0.00347. The lowest BCUT2D eigenvalue weighted by atomic mass is 10.00. The standard InChI is InChI=1S/C30H40N4O5/c1-20-16-23(19-33(3)29(20)35)28-32-26-9-8-25(17-27(26)34(28)18-22-10-13-37-14-11-22)38-15-12-31-21(2)30(36)39-24-6-4-5-7-24/h8-9,16-17,19,21-22,24,31H,4-7,10-15,18H2,1-3H3/t21-/m0/s1. The maximum atomic E-state index is 12.3. The summed E-state index contributed by atoms with van der Waals surface area (Å²) in [6.45, 7) is 7.01. The predicted molar refractivity (Wildman–Crippen MR) is 150 cm³/mol. The zero-order chi connectivity index (χ0) is 27.4. The number of carbonyl (C=O) groups excluding carboxylic acids is 1. The Morgan fingerprint density at radius 2 is 1.95 bits per heavy atom. The summed E-state index contributed by atoms with van der Waals surface area (Å²) in [6.07, 6.45) is 8.17. The lowest BCUT2D eigenvalue weighted by molar-refractivity contribution is -0.150. The number of aromatic nitrogens is 3. The molecule has 9 nitrogen and oxygen atoms in total. The molecule has 1 aromatic carbocycles. The van der Waals surface area contributed by atoms with Crippen LogP contribution in [-0.4, -0.2) is 58.6 Å². The van der Waals surface area contributed by atoms with Gasteiger partial charge < -0.3 is 28.7 Å². The molecule has 1 aliphatic carbocycles. The summed E-state index contributed by atoms with van der Waals surface area (Å²) in [6, 6.07) is 7.51. The molecule has 3 aromatic rings. The Hall–Kier alpha value is -3.17. The summed E-state index contributed by atoms with van der Waals surface area (Å²) in [4.78, 5) is 29.6. The normalized spacial score (nSPS) is 17.5. The molecule has 0 unspecified atom stereocenters. The van der Waals surface area contributed by atoms with Crippen molar-refractivity contribution in [3.8, 4) is 17.1 Å². The molecule has 0 spiro atoms. The number of carbonyl (C=O) groups is 1. The quantitative estimate of drug-likeness (QED) is 0.309. The molecule has 5 rings (SSSR count). The Bertz CT molecular complexity index is 1330. The first kappa shape index (κ1) is 27.4. The fraction of sp³-hybridized carbons (Fsp3) is 0.567. The Labute approximate surface area is 229 Å². The number of nitrogens with zero attached hydrogens (tertiary/aromatic N) is 3. The number of nitrogens with one attached hydrogen (secondary N) is 1. The molecule has 1 aliphatic heterocycles. The summed E-state index contributed by atoms with van der Waals surface area (Å²) >= 11 is 0. The Morgan fingerprint density at radius 3 is 2.69 bits per heavy atom. The van der Waals surface area contributed by atoms with Gasteiger partial charge in [-0.05, 0) is 76.5 Å². The summed E-state index contributed by atoms with van der Waals surface area (Å²) in [7, 11) is 1.78. The molecule has 0 radical (unpaired) electrons. The zero-order valence-corrected chi connectivity index (χ0v) is 23.3. The van der Waals surface area contributed by atoms with Gasteiger partial charge in [-0.2, -0.15) is 0 Å². The molecule has 0 amide bonds. The minimum atomic E-state index is -0.370. The number of esters is 1. The highest BCUT2D eigenvalue weighted by Gasteiger charge is 2.23. The number of imidazole rings is 1. The first-order chi connectivity index (χ1) is 18.9. The zero-order valence-electron chi connectivity index (χ0n) is 23.3. The SMILES string of the molecule is Cc1cc(-c2nc3ccc(OCCN[C@@H](C)C(=O)OC4CCCC4)cc3n2CC2CCOCC2)cn(C)c1=O. The van der Waals surface area contributed by atoms with Crippen molar-refractivity contribution in [3.63, 3.8) is 0 Å². The average Bonchev–Trinajstić information content (AvgIpc) is 3.58. The van der Waals surface area contributed by atoms with Gasteiger partial charge in [-0.3, -0.25) is 9.59 Å². The number of pyridine rings is 1. The van der Waals surface area contributed by atoms with E-state index in [1.54, 1.807) is 11.6 Å². The van der Waals surface area contributed by atoms with Crippen molar-refractivity contribution in [2.24, 2.45) is 13.0 Å². The second kappa shape index (κ2) is 12.3. The number of hydrogen-bond acceptors (Lipinski definition) is 7. The molecule has 1 N–H and O–H groups in total. The van der Waals surface area contributed by atoms with Gasteiger partial charge in [0.25, 0.3) is 5.56 Å². The van der Waals surface area contributed by atoms with Crippen molar-refractivity contribution in [2.45, 2.75) is 71.1 Å². The third-order valence-corrected chi connectivity index (χ3v) is 7.88. The van der Waals surface area contributed by atoms with Gasteiger partial charge in [0.15, 0.2) is 0 Å². The third kappa shape index (κ3) is 6.53. The van der Waals surface area contributed by atoms with Crippen LogP contribution in [0.15, 0.2) is 35.3 Å². The van der Waals surface area contributed by atoms with Crippen LogP contribution in [0, 0.1) is 12.8 Å². The van der Waals surface area contributed by atoms with Crippen molar-refractivity contribution < 1.29 is 19.0 Å². The number of fused-ring (bicyclic) bond motifs is 1. The van der Waals surface area contributed by atoms with E-state index < -0.39 is 0 Å². The van der Waals surface area contributed by atoms with Crippen LogP contribution >= 0.6 is 0 Å². The molecule has 2 fully saturated rings. The van der Waals surface area contributed by atoms with Crippen molar-refractivity contribution in [1.82, 2.24) is 19.4 Å². The molecule has 9 heteroatoms. The first-order valence-corrected chi connectivity index (χ1v) is 14.2. The van der Waals surface area contributed by atoms with Gasteiger partial charge >= 0.3 is 5.97 Å². The van der Waals surface area contributed by atoms with Crippen LogP contribution in [0.1, 0.15) is 51.0 Å². The maximum Gasteiger partial charge on any atom is 0.323 e. The van der Waals surface area contributed by atoms with E-state index in [4.69, 9.17) is 19.2 Å². The monoisotopic (exact) mass is 536 g/mol. The van der Waals surface area contributed by atoms with E-state index in [-0.39, 0.29) is 23.7 Å². The number of aryl methyl sites for hydroxylation is 2. The van der Waals surface area contributed by atoms with Crippen LogP contribution in [0.2, 0.25) is 0 Å².